The molecule has 0 unspecified atom stereocenters. The average Bonchev–Trinajstić information content (AvgIpc) is 3.19. The van der Waals surface area contributed by atoms with Crippen LogP contribution in [0.2, 0.25) is 0 Å². The number of urea groups is 1. The Balaban J connectivity index is 1.70. The second kappa shape index (κ2) is 6.92. The number of benzene rings is 1. The SMILES string of the molecule is Cc1cc([N+](=O)[O-])ccc1NC(=O)N1CCC[C@H]1Cn1ccnc1C. The van der Waals surface area contributed by atoms with Crippen LogP contribution in [0.4, 0.5) is 16.2 Å². The summed E-state index contributed by atoms with van der Waals surface area (Å²) < 4.78 is 2.05. The fourth-order valence-corrected chi connectivity index (χ4v) is 3.21. The van der Waals surface area contributed by atoms with Crippen molar-refractivity contribution in [1.29, 1.82) is 0 Å². The Labute approximate surface area is 145 Å². The summed E-state index contributed by atoms with van der Waals surface area (Å²) in [6.45, 7) is 5.12. The Hall–Kier alpha value is -2.90. The number of aromatic nitrogens is 2. The minimum absolute atomic E-state index is 0.0186. The van der Waals surface area contributed by atoms with E-state index < -0.39 is 4.92 Å². The Morgan fingerprint density at radius 3 is 2.88 bits per heavy atom. The van der Waals surface area contributed by atoms with Crippen LogP contribution >= 0.6 is 0 Å². The summed E-state index contributed by atoms with van der Waals surface area (Å²) in [5.41, 5.74) is 1.29. The number of likely N-dealkylation sites (tertiary alicyclic amines) is 1. The largest absolute Gasteiger partial charge is 0.333 e. The van der Waals surface area contributed by atoms with Gasteiger partial charge in [-0.05, 0) is 38.3 Å². The molecule has 1 saturated heterocycles. The zero-order valence-corrected chi connectivity index (χ0v) is 14.3. The van der Waals surface area contributed by atoms with Crippen LogP contribution in [0.5, 0.6) is 0 Å². The van der Waals surface area contributed by atoms with E-state index in [1.165, 1.54) is 12.1 Å². The van der Waals surface area contributed by atoms with E-state index in [-0.39, 0.29) is 17.8 Å². The highest BCUT2D eigenvalue weighted by Gasteiger charge is 2.29. The van der Waals surface area contributed by atoms with Crippen molar-refractivity contribution in [3.05, 3.63) is 52.1 Å². The predicted octanol–water partition coefficient (Wildman–Crippen LogP) is 3.10. The fourth-order valence-electron chi connectivity index (χ4n) is 3.21. The highest BCUT2D eigenvalue weighted by Crippen LogP contribution is 2.24. The van der Waals surface area contributed by atoms with Crippen molar-refractivity contribution in [3.8, 4) is 0 Å². The number of nitro benzene ring substituents is 1. The number of nitrogens with one attached hydrogen (secondary N) is 1. The molecule has 0 radical (unpaired) electrons. The molecule has 132 valence electrons. The van der Waals surface area contributed by atoms with Crippen LogP contribution in [0.3, 0.4) is 0 Å². The van der Waals surface area contributed by atoms with Crippen LogP contribution in [0.1, 0.15) is 24.2 Å². The van der Waals surface area contributed by atoms with E-state index in [2.05, 4.69) is 10.3 Å². The molecule has 0 aliphatic carbocycles. The minimum atomic E-state index is -0.442. The van der Waals surface area contributed by atoms with Crippen molar-refractivity contribution < 1.29 is 9.72 Å². The number of nitro groups is 1. The van der Waals surface area contributed by atoms with Crippen molar-refractivity contribution in [1.82, 2.24) is 14.5 Å². The topological polar surface area (TPSA) is 93.3 Å². The maximum Gasteiger partial charge on any atom is 0.322 e. The van der Waals surface area contributed by atoms with Crippen LogP contribution in [0.25, 0.3) is 0 Å². The number of non-ortho nitro benzene ring substituents is 1. The van der Waals surface area contributed by atoms with E-state index in [0.29, 0.717) is 17.8 Å². The number of amides is 2. The third kappa shape index (κ3) is 3.62. The molecule has 1 aliphatic heterocycles. The van der Waals surface area contributed by atoms with Crippen molar-refractivity contribution >= 4 is 17.4 Å². The van der Waals surface area contributed by atoms with E-state index in [0.717, 1.165) is 25.2 Å². The van der Waals surface area contributed by atoms with Crippen LogP contribution in [-0.4, -0.2) is 38.0 Å². The Morgan fingerprint density at radius 2 is 2.24 bits per heavy atom. The molecule has 1 atom stereocenters. The summed E-state index contributed by atoms with van der Waals surface area (Å²) in [5, 5.41) is 13.7. The molecule has 8 heteroatoms. The van der Waals surface area contributed by atoms with Gasteiger partial charge in [0.2, 0.25) is 0 Å². The molecule has 25 heavy (non-hydrogen) atoms. The average molecular weight is 343 g/mol. The highest BCUT2D eigenvalue weighted by atomic mass is 16.6. The van der Waals surface area contributed by atoms with Gasteiger partial charge in [-0.1, -0.05) is 0 Å². The van der Waals surface area contributed by atoms with Gasteiger partial charge in [-0.25, -0.2) is 9.78 Å². The lowest BCUT2D eigenvalue weighted by Crippen LogP contribution is -2.41. The number of aryl methyl sites for hydroxylation is 2. The molecule has 8 nitrogen and oxygen atoms in total. The van der Waals surface area contributed by atoms with Gasteiger partial charge in [-0.3, -0.25) is 10.1 Å². The van der Waals surface area contributed by atoms with Crippen molar-refractivity contribution in [3.63, 3.8) is 0 Å². The van der Waals surface area contributed by atoms with Crippen LogP contribution < -0.4 is 5.32 Å². The molecule has 2 amide bonds. The number of carbonyl (C=O) groups is 1. The van der Waals surface area contributed by atoms with Crippen LogP contribution in [0.15, 0.2) is 30.6 Å². The molecule has 0 bridgehead atoms. The molecule has 1 fully saturated rings. The number of nitrogens with zero attached hydrogens (tertiary/aromatic N) is 4. The lowest BCUT2D eigenvalue weighted by Gasteiger charge is -2.26. The molecule has 3 rings (SSSR count). The van der Waals surface area contributed by atoms with E-state index in [1.54, 1.807) is 19.2 Å². The zero-order valence-electron chi connectivity index (χ0n) is 14.3. The van der Waals surface area contributed by atoms with Gasteiger partial charge in [0, 0.05) is 43.3 Å². The third-order valence-electron chi connectivity index (χ3n) is 4.63. The number of rotatable bonds is 4. The second-order valence-electron chi connectivity index (χ2n) is 6.30. The quantitative estimate of drug-likeness (QED) is 0.682. The van der Waals surface area contributed by atoms with Gasteiger partial charge >= 0.3 is 6.03 Å². The molecule has 2 heterocycles. The van der Waals surface area contributed by atoms with Gasteiger partial charge in [0.1, 0.15) is 5.82 Å². The summed E-state index contributed by atoms with van der Waals surface area (Å²) in [6, 6.07) is 4.39. The number of carbonyl (C=O) groups excluding carboxylic acids is 1. The van der Waals surface area contributed by atoms with Crippen molar-refractivity contribution in [2.75, 3.05) is 11.9 Å². The molecule has 0 saturated carbocycles. The number of imidazole rings is 1. The predicted molar refractivity (Wildman–Crippen MR) is 93.5 cm³/mol. The highest BCUT2D eigenvalue weighted by molar-refractivity contribution is 5.90. The lowest BCUT2D eigenvalue weighted by atomic mass is 10.2. The monoisotopic (exact) mass is 343 g/mol. The molecule has 1 aromatic heterocycles. The van der Waals surface area contributed by atoms with E-state index >= 15 is 0 Å². The summed E-state index contributed by atoms with van der Waals surface area (Å²) >= 11 is 0. The second-order valence-corrected chi connectivity index (χ2v) is 6.30. The Kier molecular flexibility index (Phi) is 4.69. The smallest absolute Gasteiger partial charge is 0.322 e. The standard InChI is InChI=1S/C17H21N5O3/c1-12-10-14(22(24)25)5-6-16(12)19-17(23)21-8-3-4-15(21)11-20-9-7-18-13(20)2/h5-7,9-10,15H,3-4,8,11H2,1-2H3,(H,19,23)/t15-/m0/s1. The van der Waals surface area contributed by atoms with Gasteiger partial charge in [-0.15, -0.1) is 0 Å². The first-order valence-corrected chi connectivity index (χ1v) is 8.26. The maximum absolute atomic E-state index is 12.7. The maximum atomic E-state index is 12.7. The first-order chi connectivity index (χ1) is 12.0. The molecule has 1 aromatic carbocycles. The molecule has 0 spiro atoms. The molecular formula is C17H21N5O3. The number of hydrogen-bond donors (Lipinski definition) is 1. The van der Waals surface area contributed by atoms with Crippen molar-refractivity contribution in [2.45, 2.75) is 39.3 Å². The molecular weight excluding hydrogens is 322 g/mol. The summed E-state index contributed by atoms with van der Waals surface area (Å²) in [5.74, 6) is 0.929. The number of hydrogen-bond acceptors (Lipinski definition) is 4. The number of anilines is 1. The van der Waals surface area contributed by atoms with Gasteiger partial charge in [0.15, 0.2) is 0 Å². The van der Waals surface area contributed by atoms with E-state index in [1.807, 2.05) is 22.6 Å². The minimum Gasteiger partial charge on any atom is -0.333 e. The molecule has 1 aliphatic rings. The third-order valence-corrected chi connectivity index (χ3v) is 4.63. The van der Waals surface area contributed by atoms with Gasteiger partial charge < -0.3 is 14.8 Å². The molecule has 1 N–H and O–H groups in total. The van der Waals surface area contributed by atoms with Crippen molar-refractivity contribution in [2.24, 2.45) is 0 Å². The van der Waals surface area contributed by atoms with E-state index in [9.17, 15) is 14.9 Å². The summed E-state index contributed by atoms with van der Waals surface area (Å²) in [4.78, 5) is 29.1. The normalized spacial score (nSPS) is 16.9. The van der Waals surface area contributed by atoms with E-state index in [4.69, 9.17) is 0 Å². The van der Waals surface area contributed by atoms with Crippen LogP contribution in [-0.2, 0) is 6.54 Å². The van der Waals surface area contributed by atoms with Gasteiger partial charge in [0.25, 0.3) is 5.69 Å². The molecule has 2 aromatic rings. The fraction of sp³-hybridized carbons (Fsp3) is 0.412. The summed E-state index contributed by atoms with van der Waals surface area (Å²) in [6.07, 6.45) is 5.59. The van der Waals surface area contributed by atoms with Gasteiger partial charge in [-0.2, -0.15) is 0 Å². The zero-order chi connectivity index (χ0) is 18.0. The lowest BCUT2D eigenvalue weighted by molar-refractivity contribution is -0.384. The van der Waals surface area contributed by atoms with Crippen LogP contribution in [0, 0.1) is 24.0 Å². The Bertz CT molecular complexity index is 801. The first kappa shape index (κ1) is 16.9. The van der Waals surface area contributed by atoms with Gasteiger partial charge in [0.05, 0.1) is 11.0 Å². The summed E-state index contributed by atoms with van der Waals surface area (Å²) in [7, 11) is 0. The first-order valence-electron chi connectivity index (χ1n) is 8.26. The Morgan fingerprint density at radius 1 is 1.44 bits per heavy atom.